The maximum absolute atomic E-state index is 11.7. The Morgan fingerprint density at radius 3 is 2.81 bits per heavy atom. The van der Waals surface area contributed by atoms with E-state index in [0.717, 1.165) is 12.8 Å². The minimum absolute atomic E-state index is 0.0168. The van der Waals surface area contributed by atoms with Crippen molar-refractivity contribution in [2.45, 2.75) is 25.4 Å². The van der Waals surface area contributed by atoms with Gasteiger partial charge in [-0.15, -0.1) is 0 Å². The van der Waals surface area contributed by atoms with E-state index in [2.05, 4.69) is 4.98 Å². The van der Waals surface area contributed by atoms with Gasteiger partial charge in [0.2, 0.25) is 5.91 Å². The van der Waals surface area contributed by atoms with E-state index in [9.17, 15) is 9.59 Å². The van der Waals surface area contributed by atoms with Crippen molar-refractivity contribution in [1.82, 2.24) is 14.5 Å². The predicted octanol–water partition coefficient (Wildman–Crippen LogP) is 0.202. The molecule has 0 saturated heterocycles. The monoisotopic (exact) mass is 223 g/mol. The lowest BCUT2D eigenvalue weighted by Crippen LogP contribution is -2.31. The van der Waals surface area contributed by atoms with Crippen molar-refractivity contribution in [1.29, 1.82) is 0 Å². The topological polar surface area (TPSA) is 75.4 Å². The first-order chi connectivity index (χ1) is 7.58. The highest BCUT2D eigenvalue weighted by Gasteiger charge is 2.29. The van der Waals surface area contributed by atoms with Crippen LogP contribution in [0.2, 0.25) is 0 Å². The molecule has 1 heterocycles. The van der Waals surface area contributed by atoms with Crippen LogP contribution >= 0.6 is 0 Å². The lowest BCUT2D eigenvalue weighted by molar-refractivity contribution is -0.131. The van der Waals surface area contributed by atoms with Crippen molar-refractivity contribution in [3.05, 3.63) is 18.2 Å². The Morgan fingerprint density at radius 2 is 2.31 bits per heavy atom. The van der Waals surface area contributed by atoms with E-state index < -0.39 is 5.97 Å². The van der Waals surface area contributed by atoms with Crippen LogP contribution in [-0.2, 0) is 11.3 Å². The number of carbonyl (C=O) groups is 2. The van der Waals surface area contributed by atoms with Gasteiger partial charge in [0.15, 0.2) is 5.69 Å². The molecule has 1 saturated carbocycles. The minimum Gasteiger partial charge on any atom is -0.476 e. The molecule has 1 fully saturated rings. The molecule has 1 amide bonds. The van der Waals surface area contributed by atoms with Crippen LogP contribution < -0.4 is 0 Å². The average molecular weight is 223 g/mol. The summed E-state index contributed by atoms with van der Waals surface area (Å²) in [5.74, 6) is -1.10. The van der Waals surface area contributed by atoms with Crippen molar-refractivity contribution < 1.29 is 14.7 Å². The van der Waals surface area contributed by atoms with Gasteiger partial charge < -0.3 is 14.6 Å². The molecule has 1 aliphatic rings. The summed E-state index contributed by atoms with van der Waals surface area (Å²) in [4.78, 5) is 27.7. The summed E-state index contributed by atoms with van der Waals surface area (Å²) in [5.41, 5.74) is -0.0399. The van der Waals surface area contributed by atoms with Crippen molar-refractivity contribution in [3.8, 4) is 0 Å². The van der Waals surface area contributed by atoms with Crippen molar-refractivity contribution in [3.63, 3.8) is 0 Å². The molecule has 16 heavy (non-hydrogen) atoms. The van der Waals surface area contributed by atoms with Gasteiger partial charge in [-0.25, -0.2) is 9.78 Å². The highest BCUT2D eigenvalue weighted by Crippen LogP contribution is 2.25. The molecule has 1 aliphatic carbocycles. The molecule has 0 bridgehead atoms. The predicted molar refractivity (Wildman–Crippen MR) is 55.0 cm³/mol. The van der Waals surface area contributed by atoms with E-state index in [1.165, 1.54) is 17.1 Å². The summed E-state index contributed by atoms with van der Waals surface area (Å²) in [6.45, 7) is 0.146. The van der Waals surface area contributed by atoms with Gasteiger partial charge in [-0.2, -0.15) is 0 Å². The molecule has 1 aromatic rings. The zero-order valence-electron chi connectivity index (χ0n) is 8.96. The molecule has 1 aromatic heterocycles. The smallest absolute Gasteiger partial charge is 0.356 e. The lowest BCUT2D eigenvalue weighted by Gasteiger charge is -2.16. The van der Waals surface area contributed by atoms with Crippen LogP contribution in [0.3, 0.4) is 0 Å². The van der Waals surface area contributed by atoms with Crippen LogP contribution in [-0.4, -0.2) is 44.5 Å². The second-order valence-corrected chi connectivity index (χ2v) is 3.97. The molecule has 0 unspecified atom stereocenters. The third kappa shape index (κ3) is 2.21. The van der Waals surface area contributed by atoms with E-state index >= 15 is 0 Å². The van der Waals surface area contributed by atoms with E-state index in [4.69, 9.17) is 5.11 Å². The summed E-state index contributed by atoms with van der Waals surface area (Å²) in [6, 6.07) is 0.370. The Bertz CT molecular complexity index is 423. The molecule has 0 radical (unpaired) electrons. The number of likely N-dealkylation sites (N-methyl/N-ethyl adjacent to an activating group) is 1. The summed E-state index contributed by atoms with van der Waals surface area (Å²) in [7, 11) is 1.77. The van der Waals surface area contributed by atoms with Gasteiger partial charge in [-0.1, -0.05) is 0 Å². The summed E-state index contributed by atoms with van der Waals surface area (Å²) < 4.78 is 1.49. The van der Waals surface area contributed by atoms with E-state index in [0.29, 0.717) is 6.04 Å². The number of carboxylic acid groups (broad SMARTS) is 1. The number of carboxylic acids is 1. The first kappa shape index (κ1) is 10.7. The fourth-order valence-corrected chi connectivity index (χ4v) is 1.49. The zero-order valence-corrected chi connectivity index (χ0v) is 8.96. The minimum atomic E-state index is -1.08. The van der Waals surface area contributed by atoms with Crippen molar-refractivity contribution in [2.24, 2.45) is 0 Å². The van der Waals surface area contributed by atoms with E-state index in [1.54, 1.807) is 11.9 Å². The van der Waals surface area contributed by atoms with Crippen LogP contribution in [0, 0.1) is 0 Å². The largest absolute Gasteiger partial charge is 0.476 e. The Labute approximate surface area is 92.5 Å². The highest BCUT2D eigenvalue weighted by atomic mass is 16.4. The number of imidazole rings is 1. The molecule has 0 aliphatic heterocycles. The molecule has 0 aromatic carbocycles. The normalized spacial score (nSPS) is 14.8. The number of aromatic nitrogens is 2. The van der Waals surface area contributed by atoms with Crippen LogP contribution in [0.4, 0.5) is 0 Å². The Kier molecular flexibility index (Phi) is 2.64. The number of aromatic carboxylic acids is 1. The zero-order chi connectivity index (χ0) is 11.7. The maximum Gasteiger partial charge on any atom is 0.356 e. The number of amides is 1. The van der Waals surface area contributed by atoms with Crippen LogP contribution in [0.15, 0.2) is 12.5 Å². The van der Waals surface area contributed by atoms with E-state index in [1.807, 2.05) is 0 Å². The highest BCUT2D eigenvalue weighted by molar-refractivity contribution is 5.85. The molecule has 86 valence electrons. The third-order valence-electron chi connectivity index (χ3n) is 2.66. The van der Waals surface area contributed by atoms with Gasteiger partial charge in [0.1, 0.15) is 6.54 Å². The molecular formula is C10H13N3O3. The number of nitrogens with zero attached hydrogens (tertiary/aromatic N) is 3. The molecule has 0 spiro atoms. The Hall–Kier alpha value is -1.85. The SMILES string of the molecule is CN(C(=O)Cn1cnc(C(=O)O)c1)C1CC1. The van der Waals surface area contributed by atoms with Crippen molar-refractivity contribution >= 4 is 11.9 Å². The molecule has 2 rings (SSSR count). The number of hydrogen-bond donors (Lipinski definition) is 1. The fourth-order valence-electron chi connectivity index (χ4n) is 1.49. The van der Waals surface area contributed by atoms with Crippen LogP contribution in [0.25, 0.3) is 0 Å². The number of rotatable bonds is 4. The van der Waals surface area contributed by atoms with Gasteiger partial charge in [-0.05, 0) is 12.8 Å². The summed E-state index contributed by atoms with van der Waals surface area (Å²) in [5, 5.41) is 8.67. The quantitative estimate of drug-likeness (QED) is 0.791. The number of hydrogen-bond acceptors (Lipinski definition) is 3. The van der Waals surface area contributed by atoms with Crippen molar-refractivity contribution in [2.75, 3.05) is 7.05 Å². The second kappa shape index (κ2) is 3.96. The summed E-state index contributed by atoms with van der Waals surface area (Å²) in [6.07, 6.45) is 4.85. The molecular weight excluding hydrogens is 210 g/mol. The van der Waals surface area contributed by atoms with Gasteiger partial charge in [0, 0.05) is 19.3 Å². The lowest BCUT2D eigenvalue weighted by atomic mass is 10.4. The van der Waals surface area contributed by atoms with Gasteiger partial charge in [0.25, 0.3) is 0 Å². The molecule has 0 atom stereocenters. The first-order valence-corrected chi connectivity index (χ1v) is 5.08. The molecule has 6 nitrogen and oxygen atoms in total. The van der Waals surface area contributed by atoms with Crippen LogP contribution in [0.5, 0.6) is 0 Å². The average Bonchev–Trinajstić information content (AvgIpc) is 2.97. The van der Waals surface area contributed by atoms with Crippen LogP contribution in [0.1, 0.15) is 23.3 Å². The Balaban J connectivity index is 1.97. The van der Waals surface area contributed by atoms with Gasteiger partial charge in [0.05, 0.1) is 6.33 Å². The standard InChI is InChI=1S/C10H13N3O3/c1-12(7-2-3-7)9(14)5-13-4-8(10(15)16)11-6-13/h4,6-7H,2-3,5H2,1H3,(H,15,16). The van der Waals surface area contributed by atoms with Gasteiger partial charge >= 0.3 is 5.97 Å². The second-order valence-electron chi connectivity index (χ2n) is 3.97. The van der Waals surface area contributed by atoms with E-state index in [-0.39, 0.29) is 18.1 Å². The maximum atomic E-state index is 11.7. The molecule has 1 N–H and O–H groups in total. The molecule has 6 heteroatoms. The Morgan fingerprint density at radius 1 is 1.62 bits per heavy atom. The number of carbonyl (C=O) groups excluding carboxylic acids is 1. The first-order valence-electron chi connectivity index (χ1n) is 5.08. The fraction of sp³-hybridized carbons (Fsp3) is 0.500. The third-order valence-corrected chi connectivity index (χ3v) is 2.66. The summed E-state index contributed by atoms with van der Waals surface area (Å²) >= 11 is 0. The van der Waals surface area contributed by atoms with Gasteiger partial charge in [-0.3, -0.25) is 4.79 Å².